The zero-order chi connectivity index (χ0) is 19.7. The van der Waals surface area contributed by atoms with E-state index in [-0.39, 0.29) is 5.91 Å². The molecule has 1 aromatic carbocycles. The predicted octanol–water partition coefficient (Wildman–Crippen LogP) is 2.48. The molecule has 1 amide bonds. The molecular formula is C19H20BrN5O3. The molecule has 1 fully saturated rings. The number of nitrogens with zero attached hydrogens (tertiary/aromatic N) is 5. The molecule has 1 aliphatic rings. The largest absolute Gasteiger partial charge is 0.378 e. The smallest absolute Gasteiger partial charge is 0.276 e. The van der Waals surface area contributed by atoms with Crippen LogP contribution in [0.1, 0.15) is 21.9 Å². The predicted molar refractivity (Wildman–Crippen MR) is 106 cm³/mol. The quantitative estimate of drug-likeness (QED) is 0.613. The number of benzene rings is 1. The summed E-state index contributed by atoms with van der Waals surface area (Å²) in [7, 11) is 1.63. The van der Waals surface area contributed by atoms with Crippen LogP contribution in [0.15, 0.2) is 28.7 Å². The van der Waals surface area contributed by atoms with Crippen molar-refractivity contribution < 1.29 is 14.3 Å². The highest BCUT2D eigenvalue weighted by molar-refractivity contribution is 9.10. The standard InChI is InChI=1S/C19H20BrN5O3/c1-12-17(19(26)24-7-9-28-10-8-24)21-22-18-16(13-3-5-14(20)6-4-13)15(11-27-2)23-25(12)18/h3-6H,7-11H2,1-2H3. The van der Waals surface area contributed by atoms with Gasteiger partial charge in [-0.05, 0) is 24.6 Å². The van der Waals surface area contributed by atoms with Gasteiger partial charge in [0.25, 0.3) is 5.91 Å². The topological polar surface area (TPSA) is 81.9 Å². The Morgan fingerprint density at radius 3 is 2.61 bits per heavy atom. The van der Waals surface area contributed by atoms with Crippen molar-refractivity contribution in [2.45, 2.75) is 13.5 Å². The van der Waals surface area contributed by atoms with Gasteiger partial charge >= 0.3 is 0 Å². The van der Waals surface area contributed by atoms with E-state index in [4.69, 9.17) is 9.47 Å². The molecule has 1 aliphatic heterocycles. The maximum absolute atomic E-state index is 12.9. The van der Waals surface area contributed by atoms with Crippen molar-refractivity contribution in [3.05, 3.63) is 45.8 Å². The number of fused-ring (bicyclic) bond motifs is 1. The number of halogens is 1. The van der Waals surface area contributed by atoms with E-state index in [2.05, 4.69) is 31.2 Å². The second-order valence-electron chi connectivity index (χ2n) is 6.54. The molecule has 4 rings (SSSR count). The van der Waals surface area contributed by atoms with Crippen LogP contribution < -0.4 is 0 Å². The molecule has 0 atom stereocenters. The van der Waals surface area contributed by atoms with Crippen LogP contribution in [-0.4, -0.2) is 64.0 Å². The molecule has 146 valence electrons. The average Bonchev–Trinajstić information content (AvgIpc) is 3.08. The number of amides is 1. The fourth-order valence-corrected chi connectivity index (χ4v) is 3.58. The molecule has 28 heavy (non-hydrogen) atoms. The molecule has 0 N–H and O–H groups in total. The maximum atomic E-state index is 12.9. The van der Waals surface area contributed by atoms with Crippen molar-refractivity contribution in [3.63, 3.8) is 0 Å². The van der Waals surface area contributed by atoms with Gasteiger partial charge in [0.1, 0.15) is 0 Å². The van der Waals surface area contributed by atoms with Crippen LogP contribution >= 0.6 is 15.9 Å². The lowest BCUT2D eigenvalue weighted by atomic mass is 10.1. The molecule has 0 saturated carbocycles. The van der Waals surface area contributed by atoms with Crippen LogP contribution in [0.3, 0.4) is 0 Å². The Morgan fingerprint density at radius 1 is 1.21 bits per heavy atom. The fourth-order valence-electron chi connectivity index (χ4n) is 3.31. The van der Waals surface area contributed by atoms with Gasteiger partial charge in [0.15, 0.2) is 11.3 Å². The monoisotopic (exact) mass is 445 g/mol. The van der Waals surface area contributed by atoms with E-state index in [0.29, 0.717) is 49.9 Å². The van der Waals surface area contributed by atoms with Crippen LogP contribution in [-0.2, 0) is 16.1 Å². The minimum atomic E-state index is -0.149. The summed E-state index contributed by atoms with van der Waals surface area (Å²) in [6.07, 6.45) is 0. The van der Waals surface area contributed by atoms with Gasteiger partial charge in [-0.3, -0.25) is 4.79 Å². The lowest BCUT2D eigenvalue weighted by Crippen LogP contribution is -2.41. The van der Waals surface area contributed by atoms with Gasteiger partial charge < -0.3 is 14.4 Å². The zero-order valence-electron chi connectivity index (χ0n) is 15.7. The number of rotatable bonds is 4. The minimum absolute atomic E-state index is 0.149. The number of hydrogen-bond donors (Lipinski definition) is 0. The highest BCUT2D eigenvalue weighted by Gasteiger charge is 2.25. The maximum Gasteiger partial charge on any atom is 0.276 e. The number of carbonyl (C=O) groups excluding carboxylic acids is 1. The minimum Gasteiger partial charge on any atom is -0.378 e. The lowest BCUT2D eigenvalue weighted by molar-refractivity contribution is 0.0297. The van der Waals surface area contributed by atoms with E-state index < -0.39 is 0 Å². The number of aromatic nitrogens is 4. The fraction of sp³-hybridized carbons (Fsp3) is 0.368. The van der Waals surface area contributed by atoms with E-state index >= 15 is 0 Å². The molecule has 3 aromatic rings. The summed E-state index contributed by atoms with van der Waals surface area (Å²) < 4.78 is 13.3. The second-order valence-corrected chi connectivity index (χ2v) is 7.45. The SMILES string of the molecule is COCc1nn2c(C)c(C(=O)N3CCOCC3)nnc2c1-c1ccc(Br)cc1. The molecule has 8 nitrogen and oxygen atoms in total. The number of carbonyl (C=O) groups is 1. The summed E-state index contributed by atoms with van der Waals surface area (Å²) in [4.78, 5) is 14.6. The molecule has 9 heteroatoms. The van der Waals surface area contributed by atoms with Gasteiger partial charge in [-0.25, -0.2) is 4.52 Å². The van der Waals surface area contributed by atoms with Gasteiger partial charge in [0, 0.05) is 24.7 Å². The Balaban J connectivity index is 1.82. The van der Waals surface area contributed by atoms with Crippen molar-refractivity contribution in [2.75, 3.05) is 33.4 Å². The molecule has 0 radical (unpaired) electrons. The molecule has 0 spiro atoms. The Morgan fingerprint density at radius 2 is 1.93 bits per heavy atom. The van der Waals surface area contributed by atoms with Crippen LogP contribution in [0.25, 0.3) is 16.8 Å². The number of hydrogen-bond acceptors (Lipinski definition) is 6. The first-order valence-electron chi connectivity index (χ1n) is 8.97. The van der Waals surface area contributed by atoms with Crippen molar-refractivity contribution in [1.29, 1.82) is 0 Å². The first-order valence-corrected chi connectivity index (χ1v) is 9.76. The normalized spacial score (nSPS) is 14.6. The summed E-state index contributed by atoms with van der Waals surface area (Å²) in [5.74, 6) is -0.149. The van der Waals surface area contributed by atoms with Gasteiger partial charge in [-0.15, -0.1) is 10.2 Å². The number of morpholine rings is 1. The number of aryl methyl sites for hydroxylation is 1. The van der Waals surface area contributed by atoms with E-state index in [0.717, 1.165) is 21.3 Å². The summed E-state index contributed by atoms with van der Waals surface area (Å²) in [6, 6.07) is 7.91. The summed E-state index contributed by atoms with van der Waals surface area (Å²) in [5, 5.41) is 13.3. The molecular weight excluding hydrogens is 426 g/mol. The average molecular weight is 446 g/mol. The summed E-state index contributed by atoms with van der Waals surface area (Å²) >= 11 is 3.46. The molecule has 0 aliphatic carbocycles. The van der Waals surface area contributed by atoms with E-state index in [1.165, 1.54) is 0 Å². The van der Waals surface area contributed by atoms with Crippen LogP contribution in [0.2, 0.25) is 0 Å². The zero-order valence-corrected chi connectivity index (χ0v) is 17.3. The van der Waals surface area contributed by atoms with Crippen molar-refractivity contribution >= 4 is 27.5 Å². The highest BCUT2D eigenvalue weighted by Crippen LogP contribution is 2.30. The molecule has 0 unspecified atom stereocenters. The molecule has 1 saturated heterocycles. The first kappa shape index (κ1) is 19.0. The summed E-state index contributed by atoms with van der Waals surface area (Å²) in [5.41, 5.74) is 4.13. The third-order valence-corrected chi connectivity index (χ3v) is 5.28. The van der Waals surface area contributed by atoms with Crippen LogP contribution in [0.4, 0.5) is 0 Å². The molecule has 0 bridgehead atoms. The van der Waals surface area contributed by atoms with Gasteiger partial charge in [0.2, 0.25) is 0 Å². The Kier molecular flexibility index (Phi) is 5.38. The van der Waals surface area contributed by atoms with Crippen LogP contribution in [0, 0.1) is 6.92 Å². The third-order valence-electron chi connectivity index (χ3n) is 4.75. The molecule has 3 heterocycles. The highest BCUT2D eigenvalue weighted by atomic mass is 79.9. The second kappa shape index (κ2) is 7.94. The molecule has 2 aromatic heterocycles. The first-order chi connectivity index (χ1) is 13.6. The summed E-state index contributed by atoms with van der Waals surface area (Å²) in [6.45, 7) is 4.35. The van der Waals surface area contributed by atoms with Gasteiger partial charge in [0.05, 0.1) is 36.8 Å². The van der Waals surface area contributed by atoms with E-state index in [9.17, 15) is 4.79 Å². The third kappa shape index (κ3) is 3.41. The van der Waals surface area contributed by atoms with Gasteiger partial charge in [-0.1, -0.05) is 28.1 Å². The van der Waals surface area contributed by atoms with Gasteiger partial charge in [-0.2, -0.15) is 5.10 Å². The van der Waals surface area contributed by atoms with Crippen molar-refractivity contribution in [2.24, 2.45) is 0 Å². The Bertz CT molecular complexity index is 1010. The number of ether oxygens (including phenoxy) is 2. The van der Waals surface area contributed by atoms with E-state index in [1.54, 1.807) is 16.5 Å². The van der Waals surface area contributed by atoms with Crippen molar-refractivity contribution in [1.82, 2.24) is 24.7 Å². The lowest BCUT2D eigenvalue weighted by Gasteiger charge is -2.26. The van der Waals surface area contributed by atoms with E-state index in [1.807, 2.05) is 31.2 Å². The van der Waals surface area contributed by atoms with Crippen molar-refractivity contribution in [3.8, 4) is 11.1 Å². The van der Waals surface area contributed by atoms with Crippen LogP contribution in [0.5, 0.6) is 0 Å². The number of methoxy groups -OCH3 is 1. The Labute approximate surface area is 170 Å². The Hall–Kier alpha value is -2.36.